The van der Waals surface area contributed by atoms with E-state index in [1.165, 1.54) is 12.8 Å². The fourth-order valence-electron chi connectivity index (χ4n) is 1.47. The molecule has 1 fully saturated rings. The number of aliphatic hydroxyl groups is 1. The van der Waals surface area contributed by atoms with Gasteiger partial charge in [0.05, 0.1) is 12.2 Å². The molecule has 0 aliphatic heterocycles. The van der Waals surface area contributed by atoms with Crippen LogP contribution in [0.4, 0.5) is 0 Å². The van der Waals surface area contributed by atoms with E-state index in [0.29, 0.717) is 12.5 Å². The van der Waals surface area contributed by atoms with Gasteiger partial charge in [-0.15, -0.1) is 0 Å². The Bertz CT molecular complexity index is 284. The lowest BCUT2D eigenvalue weighted by atomic mass is 10.1. The molecule has 0 amide bonds. The third-order valence-corrected chi connectivity index (χ3v) is 2.26. The number of rotatable bonds is 4. The zero-order chi connectivity index (χ0) is 9.97. The smallest absolute Gasteiger partial charge is 0.119 e. The first-order chi connectivity index (χ1) is 6.74. The van der Waals surface area contributed by atoms with Crippen molar-refractivity contribution in [2.45, 2.75) is 38.4 Å². The number of hydrogen-bond acceptors (Lipinski definition) is 2. The third kappa shape index (κ3) is 2.74. The molecular weight excluding hydrogens is 176 g/mol. The van der Waals surface area contributed by atoms with Gasteiger partial charge in [-0.25, -0.2) is 0 Å². The monoisotopic (exact) mass is 192 g/mol. The van der Waals surface area contributed by atoms with Crippen molar-refractivity contribution in [3.63, 3.8) is 0 Å². The van der Waals surface area contributed by atoms with Crippen LogP contribution < -0.4 is 4.74 Å². The predicted octanol–water partition coefficient (Wildman–Crippen LogP) is 2.15. The van der Waals surface area contributed by atoms with Gasteiger partial charge in [0.1, 0.15) is 5.75 Å². The highest BCUT2D eigenvalue weighted by Crippen LogP contribution is 2.27. The minimum absolute atomic E-state index is 0.286. The van der Waals surface area contributed by atoms with Crippen LogP contribution in [-0.2, 0) is 6.42 Å². The third-order valence-electron chi connectivity index (χ3n) is 2.26. The van der Waals surface area contributed by atoms with E-state index in [9.17, 15) is 5.11 Å². The van der Waals surface area contributed by atoms with Crippen LogP contribution in [-0.4, -0.2) is 17.3 Å². The summed E-state index contributed by atoms with van der Waals surface area (Å²) in [6, 6.07) is 8.00. The molecule has 14 heavy (non-hydrogen) atoms. The highest BCUT2D eigenvalue weighted by atomic mass is 16.5. The summed E-state index contributed by atoms with van der Waals surface area (Å²) in [6.07, 6.45) is 3.21. The number of ether oxygens (including phenoxy) is 1. The van der Waals surface area contributed by atoms with Gasteiger partial charge in [0.15, 0.2) is 0 Å². The molecule has 1 saturated carbocycles. The first kappa shape index (κ1) is 9.53. The summed E-state index contributed by atoms with van der Waals surface area (Å²) in [7, 11) is 0. The van der Waals surface area contributed by atoms with Gasteiger partial charge in [0.2, 0.25) is 0 Å². The second kappa shape index (κ2) is 4.01. The lowest BCUT2D eigenvalue weighted by Gasteiger charge is -2.08. The number of benzene rings is 1. The molecule has 2 heteroatoms. The highest BCUT2D eigenvalue weighted by molar-refractivity contribution is 5.29. The van der Waals surface area contributed by atoms with E-state index >= 15 is 0 Å². The molecule has 0 spiro atoms. The Hall–Kier alpha value is -1.02. The lowest BCUT2D eigenvalue weighted by molar-refractivity contribution is 0.195. The van der Waals surface area contributed by atoms with Crippen LogP contribution in [0.3, 0.4) is 0 Å². The van der Waals surface area contributed by atoms with Gasteiger partial charge in [-0.05, 0) is 43.9 Å². The zero-order valence-corrected chi connectivity index (χ0v) is 8.44. The van der Waals surface area contributed by atoms with Crippen molar-refractivity contribution in [3.8, 4) is 5.75 Å². The van der Waals surface area contributed by atoms with Crippen LogP contribution in [0.2, 0.25) is 0 Å². The quantitative estimate of drug-likeness (QED) is 0.792. The SMILES string of the molecule is C[C@H](O)Cc1cccc(OC2CC2)c1. The maximum absolute atomic E-state index is 9.25. The first-order valence-electron chi connectivity index (χ1n) is 5.18. The van der Waals surface area contributed by atoms with E-state index in [-0.39, 0.29) is 6.10 Å². The standard InChI is InChI=1S/C12H16O2/c1-9(13)7-10-3-2-4-12(8-10)14-11-5-6-11/h2-4,8-9,11,13H,5-7H2,1H3/t9-/m0/s1. The Morgan fingerprint density at radius 1 is 1.50 bits per heavy atom. The summed E-state index contributed by atoms with van der Waals surface area (Å²) < 4.78 is 5.67. The topological polar surface area (TPSA) is 29.5 Å². The Labute approximate surface area is 84.5 Å². The molecule has 1 aliphatic rings. The van der Waals surface area contributed by atoms with Gasteiger partial charge in [0, 0.05) is 0 Å². The minimum Gasteiger partial charge on any atom is -0.490 e. The first-order valence-corrected chi connectivity index (χ1v) is 5.18. The predicted molar refractivity (Wildman–Crippen MR) is 55.5 cm³/mol. The van der Waals surface area contributed by atoms with Crippen LogP contribution in [0.1, 0.15) is 25.3 Å². The molecule has 0 aromatic heterocycles. The summed E-state index contributed by atoms with van der Waals surface area (Å²) in [5.41, 5.74) is 1.14. The maximum Gasteiger partial charge on any atom is 0.119 e. The van der Waals surface area contributed by atoms with Gasteiger partial charge >= 0.3 is 0 Å². The Kier molecular flexibility index (Phi) is 2.73. The van der Waals surface area contributed by atoms with E-state index < -0.39 is 0 Å². The summed E-state index contributed by atoms with van der Waals surface area (Å²) in [5, 5.41) is 9.25. The van der Waals surface area contributed by atoms with E-state index in [0.717, 1.165) is 11.3 Å². The highest BCUT2D eigenvalue weighted by Gasteiger charge is 2.23. The zero-order valence-electron chi connectivity index (χ0n) is 8.44. The van der Waals surface area contributed by atoms with Crippen molar-refractivity contribution in [1.82, 2.24) is 0 Å². The largest absolute Gasteiger partial charge is 0.490 e. The molecule has 2 nitrogen and oxygen atoms in total. The molecule has 1 aromatic carbocycles. The Balaban J connectivity index is 2.01. The van der Waals surface area contributed by atoms with Crippen LogP contribution in [0.15, 0.2) is 24.3 Å². The molecule has 1 atom stereocenters. The van der Waals surface area contributed by atoms with Crippen molar-refractivity contribution < 1.29 is 9.84 Å². The van der Waals surface area contributed by atoms with Crippen molar-refractivity contribution >= 4 is 0 Å². The molecule has 0 saturated heterocycles. The van der Waals surface area contributed by atoms with Crippen molar-refractivity contribution in [3.05, 3.63) is 29.8 Å². The Morgan fingerprint density at radius 3 is 2.93 bits per heavy atom. The molecule has 1 aliphatic carbocycles. The molecule has 1 N–H and O–H groups in total. The molecule has 2 rings (SSSR count). The summed E-state index contributed by atoms with van der Waals surface area (Å²) in [6.45, 7) is 1.80. The van der Waals surface area contributed by atoms with E-state index in [4.69, 9.17) is 4.74 Å². The number of hydrogen-bond donors (Lipinski definition) is 1. The molecule has 0 bridgehead atoms. The summed E-state index contributed by atoms with van der Waals surface area (Å²) >= 11 is 0. The van der Waals surface area contributed by atoms with Crippen molar-refractivity contribution in [2.24, 2.45) is 0 Å². The maximum atomic E-state index is 9.25. The van der Waals surface area contributed by atoms with Crippen LogP contribution in [0, 0.1) is 0 Å². The van der Waals surface area contributed by atoms with E-state index in [2.05, 4.69) is 0 Å². The summed E-state index contributed by atoms with van der Waals surface area (Å²) in [4.78, 5) is 0. The molecule has 0 heterocycles. The minimum atomic E-state index is -0.286. The van der Waals surface area contributed by atoms with Gasteiger partial charge in [-0.2, -0.15) is 0 Å². The Morgan fingerprint density at radius 2 is 2.29 bits per heavy atom. The fraction of sp³-hybridized carbons (Fsp3) is 0.500. The fourth-order valence-corrected chi connectivity index (χ4v) is 1.47. The van der Waals surface area contributed by atoms with Gasteiger partial charge in [0.25, 0.3) is 0 Å². The van der Waals surface area contributed by atoms with Crippen LogP contribution in [0.5, 0.6) is 5.75 Å². The molecule has 76 valence electrons. The van der Waals surface area contributed by atoms with Crippen LogP contribution in [0.25, 0.3) is 0 Å². The summed E-state index contributed by atoms with van der Waals surface area (Å²) in [5.74, 6) is 0.936. The average molecular weight is 192 g/mol. The van der Waals surface area contributed by atoms with Gasteiger partial charge < -0.3 is 9.84 Å². The lowest BCUT2D eigenvalue weighted by Crippen LogP contribution is -2.04. The van der Waals surface area contributed by atoms with Crippen LogP contribution >= 0.6 is 0 Å². The molecule has 0 unspecified atom stereocenters. The van der Waals surface area contributed by atoms with Gasteiger partial charge in [-0.1, -0.05) is 12.1 Å². The second-order valence-electron chi connectivity index (χ2n) is 4.02. The second-order valence-corrected chi connectivity index (χ2v) is 4.02. The molecular formula is C12H16O2. The van der Waals surface area contributed by atoms with E-state index in [1.807, 2.05) is 24.3 Å². The molecule has 0 radical (unpaired) electrons. The van der Waals surface area contributed by atoms with Crippen molar-refractivity contribution in [2.75, 3.05) is 0 Å². The number of aliphatic hydroxyl groups excluding tert-OH is 1. The van der Waals surface area contributed by atoms with E-state index in [1.54, 1.807) is 6.92 Å². The molecule has 1 aromatic rings. The average Bonchev–Trinajstić information content (AvgIpc) is 2.87. The normalized spacial score (nSPS) is 17.9. The van der Waals surface area contributed by atoms with Crippen molar-refractivity contribution in [1.29, 1.82) is 0 Å². The van der Waals surface area contributed by atoms with Gasteiger partial charge in [-0.3, -0.25) is 0 Å².